The van der Waals surface area contributed by atoms with E-state index >= 15 is 0 Å². The number of rotatable bonds is 3. The predicted octanol–water partition coefficient (Wildman–Crippen LogP) is 1.33. The summed E-state index contributed by atoms with van der Waals surface area (Å²) in [4.78, 5) is 27.5. The Balaban J connectivity index is 2.65. The molecule has 2 N–H and O–H groups in total. The number of hydrogen-bond donors (Lipinski definition) is 2. The SMILES string of the molecule is CN(C)C(=O)Nc1ncc(C=CC(=O)O)s1. The lowest BCUT2D eigenvalue weighted by atomic mass is 10.4. The molecule has 86 valence electrons. The first-order chi connectivity index (χ1) is 7.49. The monoisotopic (exact) mass is 241 g/mol. The summed E-state index contributed by atoms with van der Waals surface area (Å²) in [5.74, 6) is -1.02. The normalized spacial score (nSPS) is 10.4. The van der Waals surface area contributed by atoms with Gasteiger partial charge >= 0.3 is 12.0 Å². The van der Waals surface area contributed by atoms with Gasteiger partial charge in [-0.05, 0) is 6.08 Å². The fraction of sp³-hybridized carbons (Fsp3) is 0.222. The molecule has 1 heterocycles. The van der Waals surface area contributed by atoms with Crippen molar-refractivity contribution < 1.29 is 14.7 Å². The number of amides is 2. The molecular weight excluding hydrogens is 230 g/mol. The average Bonchev–Trinajstić information content (AvgIpc) is 2.62. The Morgan fingerprint density at radius 2 is 2.25 bits per heavy atom. The fourth-order valence-corrected chi connectivity index (χ4v) is 1.49. The number of aromatic nitrogens is 1. The van der Waals surface area contributed by atoms with Crippen LogP contribution in [0.15, 0.2) is 12.3 Å². The topological polar surface area (TPSA) is 82.5 Å². The number of nitrogens with zero attached hydrogens (tertiary/aromatic N) is 2. The Kier molecular flexibility index (Phi) is 4.01. The third kappa shape index (κ3) is 3.70. The molecule has 0 radical (unpaired) electrons. The van der Waals surface area contributed by atoms with Crippen molar-refractivity contribution >= 4 is 34.5 Å². The van der Waals surface area contributed by atoms with Crippen molar-refractivity contribution in [2.24, 2.45) is 0 Å². The quantitative estimate of drug-likeness (QED) is 0.782. The summed E-state index contributed by atoms with van der Waals surface area (Å²) in [7, 11) is 3.24. The van der Waals surface area contributed by atoms with Crippen LogP contribution in [0, 0.1) is 0 Å². The second-order valence-electron chi connectivity index (χ2n) is 3.06. The minimum absolute atomic E-state index is 0.275. The third-order valence-corrected chi connectivity index (χ3v) is 2.41. The number of nitrogens with one attached hydrogen (secondary N) is 1. The van der Waals surface area contributed by atoms with Gasteiger partial charge in [-0.15, -0.1) is 0 Å². The number of urea groups is 1. The highest BCUT2D eigenvalue weighted by Gasteiger charge is 2.06. The van der Waals surface area contributed by atoms with E-state index in [9.17, 15) is 9.59 Å². The van der Waals surface area contributed by atoms with Crippen molar-refractivity contribution in [1.82, 2.24) is 9.88 Å². The molecule has 2 amide bonds. The van der Waals surface area contributed by atoms with Crippen LogP contribution in [-0.4, -0.2) is 41.1 Å². The molecule has 7 heteroatoms. The van der Waals surface area contributed by atoms with Crippen molar-refractivity contribution in [3.05, 3.63) is 17.2 Å². The lowest BCUT2D eigenvalue weighted by Gasteiger charge is -2.08. The standard InChI is InChI=1S/C9H11N3O3S/c1-12(2)9(15)11-8-10-5-6(16-8)3-4-7(13)14/h3-5H,1-2H3,(H,13,14)(H,10,11,15). The minimum atomic E-state index is -1.02. The number of anilines is 1. The second-order valence-corrected chi connectivity index (χ2v) is 4.13. The Morgan fingerprint density at radius 1 is 1.56 bits per heavy atom. The maximum absolute atomic E-state index is 11.3. The number of carboxylic acids is 1. The third-order valence-electron chi connectivity index (χ3n) is 1.53. The van der Waals surface area contributed by atoms with Gasteiger partial charge in [-0.25, -0.2) is 14.6 Å². The molecule has 0 aliphatic carbocycles. The number of carbonyl (C=O) groups excluding carboxylic acids is 1. The van der Waals surface area contributed by atoms with Gasteiger partial charge in [-0.2, -0.15) is 0 Å². The molecule has 16 heavy (non-hydrogen) atoms. The fourth-order valence-electron chi connectivity index (χ4n) is 0.778. The highest BCUT2D eigenvalue weighted by molar-refractivity contribution is 7.16. The summed E-state index contributed by atoms with van der Waals surface area (Å²) in [5, 5.41) is 11.4. The molecule has 0 bridgehead atoms. The largest absolute Gasteiger partial charge is 0.478 e. The first-order valence-corrected chi connectivity index (χ1v) is 5.16. The molecule has 0 atom stereocenters. The molecule has 0 saturated carbocycles. The van der Waals surface area contributed by atoms with E-state index in [0.29, 0.717) is 10.0 Å². The molecule has 1 rings (SSSR count). The maximum atomic E-state index is 11.3. The number of carboxylic acid groups (broad SMARTS) is 1. The van der Waals surface area contributed by atoms with Crippen LogP contribution in [0.1, 0.15) is 4.88 Å². The van der Waals surface area contributed by atoms with Crippen LogP contribution < -0.4 is 5.32 Å². The molecule has 0 saturated heterocycles. The van der Waals surface area contributed by atoms with Crippen molar-refractivity contribution in [3.63, 3.8) is 0 Å². The molecule has 0 aromatic carbocycles. The lowest BCUT2D eigenvalue weighted by molar-refractivity contribution is -0.131. The van der Waals surface area contributed by atoms with Gasteiger partial charge in [-0.1, -0.05) is 11.3 Å². The minimum Gasteiger partial charge on any atom is -0.478 e. The molecule has 1 aromatic heterocycles. The molecule has 0 aliphatic rings. The van der Waals surface area contributed by atoms with E-state index in [0.717, 1.165) is 6.08 Å². The summed E-state index contributed by atoms with van der Waals surface area (Å²) >= 11 is 1.20. The number of carbonyl (C=O) groups is 2. The Morgan fingerprint density at radius 3 is 2.81 bits per heavy atom. The molecule has 0 unspecified atom stereocenters. The molecule has 0 fully saturated rings. The maximum Gasteiger partial charge on any atom is 0.328 e. The van der Waals surface area contributed by atoms with E-state index in [1.165, 1.54) is 28.5 Å². The van der Waals surface area contributed by atoms with Crippen LogP contribution in [0.4, 0.5) is 9.93 Å². The van der Waals surface area contributed by atoms with Crippen LogP contribution in [0.25, 0.3) is 6.08 Å². The van der Waals surface area contributed by atoms with E-state index in [1.54, 1.807) is 14.1 Å². The Labute approximate surface area is 96.2 Å². The van der Waals surface area contributed by atoms with E-state index in [1.807, 2.05) is 0 Å². The Hall–Kier alpha value is -1.89. The Bertz CT molecular complexity index is 425. The van der Waals surface area contributed by atoms with Crippen LogP contribution >= 0.6 is 11.3 Å². The first-order valence-electron chi connectivity index (χ1n) is 4.34. The van der Waals surface area contributed by atoms with E-state index in [4.69, 9.17) is 5.11 Å². The van der Waals surface area contributed by atoms with Crippen LogP contribution in [-0.2, 0) is 4.79 Å². The van der Waals surface area contributed by atoms with Gasteiger partial charge in [0.2, 0.25) is 0 Å². The van der Waals surface area contributed by atoms with Crippen LogP contribution in [0.5, 0.6) is 0 Å². The molecule has 6 nitrogen and oxygen atoms in total. The summed E-state index contributed by atoms with van der Waals surface area (Å²) in [6.07, 6.45) is 3.94. The number of aliphatic carboxylic acids is 1. The van der Waals surface area contributed by atoms with Crippen LogP contribution in [0.2, 0.25) is 0 Å². The molecule has 1 aromatic rings. The molecule has 0 spiro atoms. The molecular formula is C9H11N3O3S. The molecule has 0 aliphatic heterocycles. The average molecular weight is 241 g/mol. The smallest absolute Gasteiger partial charge is 0.328 e. The highest BCUT2D eigenvalue weighted by Crippen LogP contribution is 2.19. The second kappa shape index (κ2) is 5.26. The van der Waals surface area contributed by atoms with Gasteiger partial charge < -0.3 is 10.0 Å². The zero-order valence-corrected chi connectivity index (χ0v) is 9.61. The predicted molar refractivity (Wildman–Crippen MR) is 61.5 cm³/mol. The van der Waals surface area contributed by atoms with Gasteiger partial charge in [0.15, 0.2) is 5.13 Å². The summed E-state index contributed by atoms with van der Waals surface area (Å²) < 4.78 is 0. The zero-order chi connectivity index (χ0) is 12.1. The van der Waals surface area contributed by atoms with Gasteiger partial charge in [0, 0.05) is 31.2 Å². The summed E-state index contributed by atoms with van der Waals surface area (Å²) in [6.45, 7) is 0. The summed E-state index contributed by atoms with van der Waals surface area (Å²) in [5.41, 5.74) is 0. The van der Waals surface area contributed by atoms with E-state index in [-0.39, 0.29) is 6.03 Å². The van der Waals surface area contributed by atoms with Crippen molar-refractivity contribution in [1.29, 1.82) is 0 Å². The number of hydrogen-bond acceptors (Lipinski definition) is 4. The van der Waals surface area contributed by atoms with Crippen molar-refractivity contribution in [2.75, 3.05) is 19.4 Å². The van der Waals surface area contributed by atoms with E-state index in [2.05, 4.69) is 10.3 Å². The lowest BCUT2D eigenvalue weighted by Crippen LogP contribution is -2.27. The highest BCUT2D eigenvalue weighted by atomic mass is 32.1. The van der Waals surface area contributed by atoms with Crippen molar-refractivity contribution in [3.8, 4) is 0 Å². The summed E-state index contributed by atoms with van der Waals surface area (Å²) in [6, 6.07) is -0.275. The van der Waals surface area contributed by atoms with Gasteiger partial charge in [0.1, 0.15) is 0 Å². The van der Waals surface area contributed by atoms with Gasteiger partial charge in [0.25, 0.3) is 0 Å². The first kappa shape index (κ1) is 12.2. The zero-order valence-electron chi connectivity index (χ0n) is 8.80. The van der Waals surface area contributed by atoms with E-state index < -0.39 is 5.97 Å². The van der Waals surface area contributed by atoms with Gasteiger partial charge in [0.05, 0.1) is 0 Å². The van der Waals surface area contributed by atoms with Crippen molar-refractivity contribution in [2.45, 2.75) is 0 Å². The van der Waals surface area contributed by atoms with Gasteiger partial charge in [-0.3, -0.25) is 5.32 Å². The number of thiazole rings is 1. The van der Waals surface area contributed by atoms with Crippen LogP contribution in [0.3, 0.4) is 0 Å².